The molecule has 4 heteroatoms. The van der Waals surface area contributed by atoms with Gasteiger partial charge in [0.1, 0.15) is 5.82 Å². The molecule has 1 aromatic rings. The summed E-state index contributed by atoms with van der Waals surface area (Å²) < 4.78 is 13.5. The minimum absolute atomic E-state index is 0.336. The number of carbonyl (C=O) groups is 1. The van der Waals surface area contributed by atoms with E-state index in [2.05, 4.69) is 4.90 Å². The van der Waals surface area contributed by atoms with Crippen molar-refractivity contribution in [3.05, 3.63) is 35.7 Å². The van der Waals surface area contributed by atoms with Crippen LogP contribution in [0, 0.1) is 5.82 Å². The Morgan fingerprint density at radius 3 is 2.78 bits per heavy atom. The van der Waals surface area contributed by atoms with Gasteiger partial charge in [-0.15, -0.1) is 0 Å². The van der Waals surface area contributed by atoms with E-state index < -0.39 is 5.97 Å². The Kier molecular flexibility index (Phi) is 3.65. The predicted molar refractivity (Wildman–Crippen MR) is 69.1 cm³/mol. The van der Waals surface area contributed by atoms with Crippen molar-refractivity contribution in [3.8, 4) is 0 Å². The van der Waals surface area contributed by atoms with E-state index in [0.29, 0.717) is 11.6 Å². The Morgan fingerprint density at radius 1 is 1.50 bits per heavy atom. The molecule has 0 atom stereocenters. The van der Waals surface area contributed by atoms with Crippen LogP contribution in [0.2, 0.25) is 0 Å². The fourth-order valence-corrected chi connectivity index (χ4v) is 2.06. The van der Waals surface area contributed by atoms with Crippen LogP contribution in [-0.2, 0) is 4.79 Å². The Morgan fingerprint density at radius 2 is 2.22 bits per heavy atom. The minimum atomic E-state index is -1.03. The number of benzene rings is 1. The van der Waals surface area contributed by atoms with Crippen LogP contribution in [0.15, 0.2) is 24.3 Å². The zero-order valence-electron chi connectivity index (χ0n) is 10.3. The third kappa shape index (κ3) is 3.09. The second-order valence-corrected chi connectivity index (χ2v) is 4.43. The number of carboxylic acids is 1. The van der Waals surface area contributed by atoms with Gasteiger partial charge in [0.05, 0.1) is 0 Å². The quantitative estimate of drug-likeness (QED) is 0.816. The molecule has 1 fully saturated rings. The average Bonchev–Trinajstić information content (AvgIpc) is 3.11. The highest BCUT2D eigenvalue weighted by molar-refractivity contribution is 5.85. The summed E-state index contributed by atoms with van der Waals surface area (Å²) in [6, 6.07) is 5.17. The molecule has 0 aromatic heterocycles. The molecule has 18 heavy (non-hydrogen) atoms. The van der Waals surface area contributed by atoms with Gasteiger partial charge in [-0.05, 0) is 49.6 Å². The van der Waals surface area contributed by atoms with Gasteiger partial charge in [-0.25, -0.2) is 9.18 Å². The molecule has 3 nitrogen and oxygen atoms in total. The van der Waals surface area contributed by atoms with Crippen molar-refractivity contribution in [1.29, 1.82) is 0 Å². The van der Waals surface area contributed by atoms with E-state index in [4.69, 9.17) is 5.11 Å². The van der Waals surface area contributed by atoms with Crippen LogP contribution in [0.1, 0.15) is 25.3 Å². The molecule has 1 N–H and O–H groups in total. The normalized spacial score (nSPS) is 15.0. The number of anilines is 1. The lowest BCUT2D eigenvalue weighted by Crippen LogP contribution is -2.25. The minimum Gasteiger partial charge on any atom is -0.478 e. The van der Waals surface area contributed by atoms with E-state index in [1.54, 1.807) is 0 Å². The number of aliphatic carboxylic acids is 1. The summed E-state index contributed by atoms with van der Waals surface area (Å²) in [5.74, 6) is -1.37. The van der Waals surface area contributed by atoms with Gasteiger partial charge >= 0.3 is 5.97 Å². The first-order valence-corrected chi connectivity index (χ1v) is 6.08. The lowest BCUT2D eigenvalue weighted by atomic mass is 10.1. The second-order valence-electron chi connectivity index (χ2n) is 4.43. The molecule has 96 valence electrons. The molecule has 0 heterocycles. The van der Waals surface area contributed by atoms with Gasteiger partial charge < -0.3 is 10.0 Å². The number of nitrogens with zero attached hydrogens (tertiary/aromatic N) is 1. The molecule has 1 saturated carbocycles. The molecule has 1 aliphatic rings. The smallest absolute Gasteiger partial charge is 0.328 e. The molecule has 0 unspecified atom stereocenters. The van der Waals surface area contributed by atoms with Gasteiger partial charge in [0, 0.05) is 24.4 Å². The molecule has 1 aromatic carbocycles. The summed E-state index contributed by atoms with van der Waals surface area (Å²) in [6.45, 7) is 2.87. The highest BCUT2D eigenvalue weighted by Crippen LogP contribution is 2.32. The monoisotopic (exact) mass is 249 g/mol. The van der Waals surface area contributed by atoms with E-state index in [1.807, 2.05) is 13.0 Å². The largest absolute Gasteiger partial charge is 0.478 e. The third-order valence-corrected chi connectivity index (χ3v) is 2.98. The van der Waals surface area contributed by atoms with E-state index in [1.165, 1.54) is 18.2 Å². The lowest BCUT2D eigenvalue weighted by molar-refractivity contribution is -0.131. The van der Waals surface area contributed by atoms with Gasteiger partial charge in [0.25, 0.3) is 0 Å². The van der Waals surface area contributed by atoms with Crippen molar-refractivity contribution >= 4 is 17.7 Å². The van der Waals surface area contributed by atoms with Crippen LogP contribution in [0.5, 0.6) is 0 Å². The summed E-state index contributed by atoms with van der Waals surface area (Å²) >= 11 is 0. The van der Waals surface area contributed by atoms with Crippen molar-refractivity contribution < 1.29 is 14.3 Å². The van der Waals surface area contributed by atoms with Crippen LogP contribution in [0.4, 0.5) is 10.1 Å². The molecule has 0 bridgehead atoms. The van der Waals surface area contributed by atoms with Gasteiger partial charge in [0.2, 0.25) is 0 Å². The summed E-state index contributed by atoms with van der Waals surface area (Å²) in [7, 11) is 0. The topological polar surface area (TPSA) is 40.5 Å². The SMILES string of the molecule is CCN(c1cc(F)cc(/C=C/C(=O)O)c1)C1CC1. The van der Waals surface area contributed by atoms with Crippen LogP contribution in [0.25, 0.3) is 6.08 Å². The lowest BCUT2D eigenvalue weighted by Gasteiger charge is -2.23. The van der Waals surface area contributed by atoms with Crippen molar-refractivity contribution in [1.82, 2.24) is 0 Å². The molecule has 0 saturated heterocycles. The fourth-order valence-electron chi connectivity index (χ4n) is 2.06. The van der Waals surface area contributed by atoms with Gasteiger partial charge in [-0.1, -0.05) is 0 Å². The summed E-state index contributed by atoms with van der Waals surface area (Å²) in [5.41, 5.74) is 1.40. The Bertz CT molecular complexity index is 481. The first-order chi connectivity index (χ1) is 8.60. The average molecular weight is 249 g/mol. The van der Waals surface area contributed by atoms with Gasteiger partial charge in [-0.3, -0.25) is 0 Å². The highest BCUT2D eigenvalue weighted by atomic mass is 19.1. The van der Waals surface area contributed by atoms with E-state index in [9.17, 15) is 9.18 Å². The van der Waals surface area contributed by atoms with Gasteiger partial charge in [0.15, 0.2) is 0 Å². The van der Waals surface area contributed by atoms with Crippen molar-refractivity contribution in [2.24, 2.45) is 0 Å². The number of rotatable bonds is 5. The molecule has 0 aliphatic heterocycles. The maximum absolute atomic E-state index is 13.5. The molecular formula is C14H16FNO2. The van der Waals surface area contributed by atoms with E-state index >= 15 is 0 Å². The highest BCUT2D eigenvalue weighted by Gasteiger charge is 2.28. The predicted octanol–water partition coefficient (Wildman–Crippen LogP) is 2.91. The number of carboxylic acid groups (broad SMARTS) is 1. The molecular weight excluding hydrogens is 233 g/mol. The Balaban J connectivity index is 2.27. The van der Waals surface area contributed by atoms with E-state index in [-0.39, 0.29) is 5.82 Å². The van der Waals surface area contributed by atoms with Crippen LogP contribution in [0.3, 0.4) is 0 Å². The van der Waals surface area contributed by atoms with E-state index in [0.717, 1.165) is 31.1 Å². The zero-order valence-corrected chi connectivity index (χ0v) is 10.3. The Labute approximate surface area is 106 Å². The van der Waals surface area contributed by atoms with Crippen LogP contribution < -0.4 is 4.90 Å². The molecule has 2 rings (SSSR count). The van der Waals surface area contributed by atoms with Crippen LogP contribution >= 0.6 is 0 Å². The zero-order chi connectivity index (χ0) is 13.1. The molecule has 0 radical (unpaired) electrons. The second kappa shape index (κ2) is 5.21. The number of halogens is 1. The van der Waals surface area contributed by atoms with Crippen LogP contribution in [-0.4, -0.2) is 23.7 Å². The van der Waals surface area contributed by atoms with Crippen molar-refractivity contribution in [2.45, 2.75) is 25.8 Å². The number of hydrogen-bond donors (Lipinski definition) is 1. The van der Waals surface area contributed by atoms with Crippen molar-refractivity contribution in [2.75, 3.05) is 11.4 Å². The Hall–Kier alpha value is -1.84. The molecule has 0 spiro atoms. The van der Waals surface area contributed by atoms with Gasteiger partial charge in [-0.2, -0.15) is 0 Å². The number of hydrogen-bond acceptors (Lipinski definition) is 2. The first-order valence-electron chi connectivity index (χ1n) is 6.08. The maximum Gasteiger partial charge on any atom is 0.328 e. The first kappa shape index (κ1) is 12.6. The standard InChI is InChI=1S/C14H16FNO2/c1-2-16(12-4-5-12)13-8-10(3-6-14(17)18)7-11(15)9-13/h3,6-9,12H,2,4-5H2,1H3,(H,17,18)/b6-3+. The summed E-state index contributed by atoms with van der Waals surface area (Å²) in [5, 5.41) is 8.58. The fraction of sp³-hybridized carbons (Fsp3) is 0.357. The molecule has 0 amide bonds. The van der Waals surface area contributed by atoms with Crippen molar-refractivity contribution in [3.63, 3.8) is 0 Å². The summed E-state index contributed by atoms with van der Waals surface area (Å²) in [6.07, 6.45) is 4.72. The summed E-state index contributed by atoms with van der Waals surface area (Å²) in [4.78, 5) is 12.6. The maximum atomic E-state index is 13.5. The third-order valence-electron chi connectivity index (χ3n) is 2.98. The molecule has 1 aliphatic carbocycles.